The van der Waals surface area contributed by atoms with E-state index < -0.39 is 5.79 Å². The summed E-state index contributed by atoms with van der Waals surface area (Å²) < 4.78 is 0. The molecule has 35 heavy (non-hydrogen) atoms. The fourth-order valence-electron chi connectivity index (χ4n) is 3.78. The Kier molecular flexibility index (Phi) is 11.2. The molecule has 0 saturated carbocycles. The maximum atomic E-state index is 10.6. The zero-order valence-corrected chi connectivity index (χ0v) is 21.6. The van der Waals surface area contributed by atoms with Crippen molar-refractivity contribution in [1.82, 2.24) is 15.2 Å². The molecule has 1 aromatic heterocycles. The molecule has 0 bridgehead atoms. The third-order valence-corrected chi connectivity index (χ3v) is 6.04. The molecule has 0 spiro atoms. The van der Waals surface area contributed by atoms with Crippen molar-refractivity contribution in [2.75, 3.05) is 6.61 Å². The molecule has 7 nitrogen and oxygen atoms in total. The Labute approximate surface area is 209 Å². The second-order valence-corrected chi connectivity index (χ2v) is 8.62. The summed E-state index contributed by atoms with van der Waals surface area (Å²) in [4.78, 5) is 8.87. The van der Waals surface area contributed by atoms with Gasteiger partial charge >= 0.3 is 0 Å². The third kappa shape index (κ3) is 7.82. The first-order valence-electron chi connectivity index (χ1n) is 12.5. The smallest absolute Gasteiger partial charge is 0.202 e. The van der Waals surface area contributed by atoms with E-state index in [1.54, 1.807) is 0 Å². The van der Waals surface area contributed by atoms with Gasteiger partial charge in [-0.3, -0.25) is 10.1 Å². The van der Waals surface area contributed by atoms with Gasteiger partial charge in [-0.05, 0) is 36.5 Å². The molecule has 0 amide bonds. The first-order valence-corrected chi connectivity index (χ1v) is 12.5. The highest BCUT2D eigenvalue weighted by Gasteiger charge is 2.30. The SMILES string of the molecule is CC.CCCC(O)(O)C(CCc1ccc(-c2ccccc2-c2ncn[nH]2)cc1)=NC(C)C(C)CO. The van der Waals surface area contributed by atoms with Crippen molar-refractivity contribution in [3.8, 4) is 22.5 Å². The fourth-order valence-corrected chi connectivity index (χ4v) is 3.78. The second kappa shape index (κ2) is 13.9. The number of hydrogen-bond acceptors (Lipinski definition) is 6. The van der Waals surface area contributed by atoms with E-state index in [0.29, 0.717) is 25.0 Å². The van der Waals surface area contributed by atoms with Crippen LogP contribution in [-0.2, 0) is 6.42 Å². The Balaban J connectivity index is 0.00000210. The van der Waals surface area contributed by atoms with Crippen molar-refractivity contribution < 1.29 is 15.3 Å². The van der Waals surface area contributed by atoms with E-state index in [0.717, 1.165) is 28.1 Å². The molecule has 0 saturated heterocycles. The minimum atomic E-state index is -1.94. The van der Waals surface area contributed by atoms with Crippen LogP contribution in [0, 0.1) is 5.92 Å². The molecule has 4 N–H and O–H groups in total. The zero-order valence-electron chi connectivity index (χ0n) is 21.6. The Morgan fingerprint density at radius 3 is 2.26 bits per heavy atom. The normalized spacial score (nSPS) is 13.7. The highest BCUT2D eigenvalue weighted by atomic mass is 16.5. The maximum absolute atomic E-state index is 10.6. The number of benzene rings is 2. The molecule has 0 aliphatic carbocycles. The average Bonchev–Trinajstić information content (AvgIpc) is 3.42. The minimum Gasteiger partial charge on any atom is -0.396 e. The Bertz CT molecular complexity index is 1030. The molecule has 7 heteroatoms. The van der Waals surface area contributed by atoms with E-state index in [2.05, 4.69) is 50.5 Å². The monoisotopic (exact) mass is 480 g/mol. The molecule has 1 heterocycles. The second-order valence-electron chi connectivity index (χ2n) is 8.62. The third-order valence-electron chi connectivity index (χ3n) is 6.04. The van der Waals surface area contributed by atoms with Crippen LogP contribution in [0.15, 0.2) is 59.9 Å². The van der Waals surface area contributed by atoms with E-state index in [1.807, 2.05) is 52.8 Å². The Morgan fingerprint density at radius 1 is 1.03 bits per heavy atom. The van der Waals surface area contributed by atoms with Crippen LogP contribution in [0.25, 0.3) is 22.5 Å². The van der Waals surface area contributed by atoms with Crippen LogP contribution in [0.5, 0.6) is 0 Å². The Hall–Kier alpha value is -2.87. The first-order chi connectivity index (χ1) is 16.9. The van der Waals surface area contributed by atoms with Gasteiger partial charge in [-0.1, -0.05) is 82.6 Å². The van der Waals surface area contributed by atoms with Crippen molar-refractivity contribution in [1.29, 1.82) is 0 Å². The Morgan fingerprint density at radius 2 is 1.69 bits per heavy atom. The van der Waals surface area contributed by atoms with Crippen molar-refractivity contribution in [3.63, 3.8) is 0 Å². The first kappa shape index (κ1) is 28.4. The van der Waals surface area contributed by atoms with Crippen LogP contribution >= 0.6 is 0 Å². The van der Waals surface area contributed by atoms with Gasteiger partial charge in [0.25, 0.3) is 0 Å². The predicted molar refractivity (Wildman–Crippen MR) is 142 cm³/mol. The molecule has 0 aliphatic rings. The molecule has 2 unspecified atom stereocenters. The van der Waals surface area contributed by atoms with E-state index in [1.165, 1.54) is 6.33 Å². The summed E-state index contributed by atoms with van der Waals surface area (Å²) in [5, 5.41) is 37.5. The van der Waals surface area contributed by atoms with Gasteiger partial charge in [-0.15, -0.1) is 0 Å². The van der Waals surface area contributed by atoms with Gasteiger partial charge in [-0.2, -0.15) is 5.10 Å². The number of aliphatic hydroxyl groups excluding tert-OH is 1. The van der Waals surface area contributed by atoms with Crippen LogP contribution in [0.2, 0.25) is 0 Å². The minimum absolute atomic E-state index is 0.00653. The molecule has 2 atom stereocenters. The number of aromatic amines is 1. The number of aliphatic imine (C=N–C) groups is 1. The van der Waals surface area contributed by atoms with Gasteiger partial charge in [0.15, 0.2) is 5.82 Å². The zero-order chi connectivity index (χ0) is 25.8. The lowest BCUT2D eigenvalue weighted by Gasteiger charge is -2.26. The van der Waals surface area contributed by atoms with E-state index >= 15 is 0 Å². The topological polar surface area (TPSA) is 115 Å². The molecule has 3 aromatic rings. The van der Waals surface area contributed by atoms with Gasteiger partial charge in [0.05, 0.1) is 11.8 Å². The largest absolute Gasteiger partial charge is 0.396 e. The summed E-state index contributed by atoms with van der Waals surface area (Å²) >= 11 is 0. The van der Waals surface area contributed by atoms with E-state index in [-0.39, 0.29) is 25.0 Å². The van der Waals surface area contributed by atoms with Gasteiger partial charge in [-0.25, -0.2) is 4.98 Å². The summed E-state index contributed by atoms with van der Waals surface area (Å²) in [6, 6.07) is 16.1. The standard InChI is InChI=1S/C26H34N4O3.C2H6/c1-4-15-26(32,33)24(29-19(3)18(2)16-31)14-11-20-9-12-21(13-10-20)22-7-5-6-8-23(22)25-27-17-28-30-25;1-2/h5-10,12-13,17-19,31-33H,4,11,14-16H2,1-3H3,(H,27,28,30);1-2H3. The molecule has 190 valence electrons. The summed E-state index contributed by atoms with van der Waals surface area (Å²) in [6.07, 6.45) is 3.43. The molecule has 0 aliphatic heterocycles. The quantitative estimate of drug-likeness (QED) is 0.227. The van der Waals surface area contributed by atoms with Crippen LogP contribution in [-0.4, -0.2) is 54.6 Å². The number of aryl methyl sites for hydroxylation is 1. The van der Waals surface area contributed by atoms with Crippen molar-refractivity contribution in [2.24, 2.45) is 10.9 Å². The fraction of sp³-hybridized carbons (Fsp3) is 0.464. The van der Waals surface area contributed by atoms with Crippen LogP contribution in [0.3, 0.4) is 0 Å². The molecule has 2 aromatic carbocycles. The molecule has 0 radical (unpaired) electrons. The lowest BCUT2D eigenvalue weighted by Crippen LogP contribution is -2.39. The van der Waals surface area contributed by atoms with Gasteiger partial charge in [0, 0.05) is 24.5 Å². The number of rotatable bonds is 11. The molecular weight excluding hydrogens is 440 g/mol. The molecule has 3 rings (SSSR count). The number of hydrogen-bond donors (Lipinski definition) is 4. The van der Waals surface area contributed by atoms with E-state index in [9.17, 15) is 15.3 Å². The molecule has 0 fully saturated rings. The van der Waals surface area contributed by atoms with Crippen molar-refractivity contribution in [2.45, 2.75) is 72.1 Å². The lowest BCUT2D eigenvalue weighted by atomic mass is 9.95. The summed E-state index contributed by atoms with van der Waals surface area (Å²) in [5.41, 5.74) is 4.56. The summed E-state index contributed by atoms with van der Waals surface area (Å²) in [6.45, 7) is 9.71. The highest BCUT2D eigenvalue weighted by Crippen LogP contribution is 2.30. The average molecular weight is 481 g/mol. The number of H-pyrrole nitrogens is 1. The number of nitrogens with one attached hydrogen (secondary N) is 1. The van der Waals surface area contributed by atoms with Gasteiger partial charge in [0.2, 0.25) is 5.79 Å². The van der Waals surface area contributed by atoms with Crippen molar-refractivity contribution in [3.05, 3.63) is 60.4 Å². The van der Waals surface area contributed by atoms with Gasteiger partial charge in [0.1, 0.15) is 6.33 Å². The highest BCUT2D eigenvalue weighted by molar-refractivity contribution is 5.91. The molecular formula is C28H40N4O3. The number of nitrogens with zero attached hydrogens (tertiary/aromatic N) is 3. The van der Waals surface area contributed by atoms with Crippen LogP contribution in [0.1, 0.15) is 59.4 Å². The van der Waals surface area contributed by atoms with E-state index in [4.69, 9.17) is 0 Å². The number of aromatic nitrogens is 3. The summed E-state index contributed by atoms with van der Waals surface area (Å²) in [5.74, 6) is -1.27. The van der Waals surface area contributed by atoms with Crippen LogP contribution in [0.4, 0.5) is 0 Å². The predicted octanol–water partition coefficient (Wildman–Crippen LogP) is 5.04. The van der Waals surface area contributed by atoms with Crippen LogP contribution < -0.4 is 0 Å². The number of aliphatic hydroxyl groups is 3. The van der Waals surface area contributed by atoms with Crippen molar-refractivity contribution >= 4 is 5.71 Å². The maximum Gasteiger partial charge on any atom is 0.202 e. The lowest BCUT2D eigenvalue weighted by molar-refractivity contribution is -0.106. The van der Waals surface area contributed by atoms with Gasteiger partial charge < -0.3 is 15.3 Å². The summed E-state index contributed by atoms with van der Waals surface area (Å²) in [7, 11) is 0.